The van der Waals surface area contributed by atoms with E-state index < -0.39 is 11.6 Å². The van der Waals surface area contributed by atoms with Crippen LogP contribution < -0.4 is 10.2 Å². The van der Waals surface area contributed by atoms with Crippen LogP contribution in [-0.4, -0.2) is 40.8 Å². The Morgan fingerprint density at radius 3 is 2.69 bits per heavy atom. The SMILES string of the molecule is CCCCNC(=O)c1ccccc1N1C(=O)N2CCc3c([nH]c4ccccc34)C2(C)C1=O. The van der Waals surface area contributed by atoms with E-state index in [9.17, 15) is 14.4 Å². The molecule has 0 saturated carbocycles. The predicted octanol–water partition coefficient (Wildman–Crippen LogP) is 3.94. The summed E-state index contributed by atoms with van der Waals surface area (Å²) in [6, 6.07) is 14.4. The van der Waals surface area contributed by atoms with Gasteiger partial charge in [-0.2, -0.15) is 0 Å². The number of aromatic amines is 1. The molecule has 2 aliphatic heterocycles. The molecule has 164 valence electrons. The van der Waals surface area contributed by atoms with Gasteiger partial charge in [-0.25, -0.2) is 9.69 Å². The minimum atomic E-state index is -1.14. The fraction of sp³-hybridized carbons (Fsp3) is 0.320. The Balaban J connectivity index is 1.58. The lowest BCUT2D eigenvalue weighted by atomic mass is 9.87. The molecule has 0 spiro atoms. The highest BCUT2D eigenvalue weighted by molar-refractivity contribution is 6.25. The molecule has 2 aromatic carbocycles. The topological polar surface area (TPSA) is 85.5 Å². The normalized spacial score (nSPS) is 19.9. The third-order valence-corrected chi connectivity index (χ3v) is 6.67. The first kappa shape index (κ1) is 20.3. The summed E-state index contributed by atoms with van der Waals surface area (Å²) in [5.41, 5.74) is 2.30. The van der Waals surface area contributed by atoms with E-state index in [1.807, 2.05) is 24.3 Å². The Hall–Kier alpha value is -3.61. The standard InChI is InChI=1S/C25H26N4O3/c1-3-4-14-26-22(30)18-10-6-8-12-20(18)29-23(31)25(2)21-17(13-15-28(25)24(29)32)16-9-5-7-11-19(16)27-21/h5-12,27H,3-4,13-15H2,1-2H3,(H,26,30). The van der Waals surface area contributed by atoms with Crippen LogP contribution in [0.1, 0.15) is 48.3 Å². The van der Waals surface area contributed by atoms with E-state index in [1.165, 1.54) is 4.90 Å². The Morgan fingerprint density at radius 1 is 1.12 bits per heavy atom. The molecule has 3 heterocycles. The summed E-state index contributed by atoms with van der Waals surface area (Å²) >= 11 is 0. The van der Waals surface area contributed by atoms with Gasteiger partial charge in [0, 0.05) is 24.0 Å². The number of urea groups is 1. The van der Waals surface area contributed by atoms with Crippen molar-refractivity contribution in [1.82, 2.24) is 15.2 Å². The maximum Gasteiger partial charge on any atom is 0.332 e. The van der Waals surface area contributed by atoms with Crippen LogP contribution in [0.5, 0.6) is 0 Å². The van der Waals surface area contributed by atoms with Crippen molar-refractivity contribution >= 4 is 34.4 Å². The Kier molecular flexibility index (Phi) is 4.77. The van der Waals surface area contributed by atoms with Gasteiger partial charge in [0.25, 0.3) is 11.8 Å². The number of hydrogen-bond donors (Lipinski definition) is 2. The zero-order valence-corrected chi connectivity index (χ0v) is 18.3. The molecule has 1 atom stereocenters. The number of benzene rings is 2. The van der Waals surface area contributed by atoms with Gasteiger partial charge in [-0.1, -0.05) is 43.7 Å². The Bertz CT molecular complexity index is 1250. The van der Waals surface area contributed by atoms with E-state index >= 15 is 0 Å². The summed E-state index contributed by atoms with van der Waals surface area (Å²) in [4.78, 5) is 46.4. The van der Waals surface area contributed by atoms with Crippen molar-refractivity contribution in [2.75, 3.05) is 18.0 Å². The minimum Gasteiger partial charge on any atom is -0.356 e. The summed E-state index contributed by atoms with van der Waals surface area (Å²) in [6.07, 6.45) is 2.50. The van der Waals surface area contributed by atoms with Gasteiger partial charge >= 0.3 is 6.03 Å². The molecule has 7 nitrogen and oxygen atoms in total. The van der Waals surface area contributed by atoms with Crippen LogP contribution in [-0.2, 0) is 16.8 Å². The number of nitrogens with one attached hydrogen (secondary N) is 2. The van der Waals surface area contributed by atoms with Crippen LogP contribution >= 0.6 is 0 Å². The highest BCUT2D eigenvalue weighted by Crippen LogP contribution is 2.45. The number of nitrogens with zero attached hydrogens (tertiary/aromatic N) is 2. The van der Waals surface area contributed by atoms with Gasteiger partial charge in [-0.15, -0.1) is 0 Å². The summed E-state index contributed by atoms with van der Waals surface area (Å²) in [7, 11) is 0. The summed E-state index contributed by atoms with van der Waals surface area (Å²) in [6.45, 7) is 4.84. The second kappa shape index (κ2) is 7.51. The lowest BCUT2D eigenvalue weighted by Gasteiger charge is -2.35. The van der Waals surface area contributed by atoms with Crippen molar-refractivity contribution in [1.29, 1.82) is 0 Å². The van der Waals surface area contributed by atoms with Crippen molar-refractivity contribution in [3.63, 3.8) is 0 Å². The smallest absolute Gasteiger partial charge is 0.332 e. The van der Waals surface area contributed by atoms with Gasteiger partial charge in [-0.05, 0) is 43.5 Å². The number of rotatable bonds is 5. The van der Waals surface area contributed by atoms with Gasteiger partial charge in [0.05, 0.1) is 16.9 Å². The van der Waals surface area contributed by atoms with E-state index in [2.05, 4.69) is 17.2 Å². The molecule has 1 saturated heterocycles. The van der Waals surface area contributed by atoms with Crippen LogP contribution in [0.3, 0.4) is 0 Å². The maximum atomic E-state index is 13.9. The van der Waals surface area contributed by atoms with Crippen molar-refractivity contribution in [3.05, 3.63) is 65.4 Å². The number of fused-ring (bicyclic) bond motifs is 5. The monoisotopic (exact) mass is 430 g/mol. The van der Waals surface area contributed by atoms with Gasteiger partial charge < -0.3 is 15.2 Å². The van der Waals surface area contributed by atoms with E-state index in [0.717, 1.165) is 35.0 Å². The van der Waals surface area contributed by atoms with Crippen molar-refractivity contribution in [3.8, 4) is 0 Å². The molecular formula is C25H26N4O3. The molecule has 2 aliphatic rings. The minimum absolute atomic E-state index is 0.282. The molecule has 1 fully saturated rings. The number of hydrogen-bond acceptors (Lipinski definition) is 3. The summed E-state index contributed by atoms with van der Waals surface area (Å²) in [5.74, 6) is -0.625. The van der Waals surface area contributed by atoms with E-state index in [4.69, 9.17) is 0 Å². The zero-order valence-electron chi connectivity index (χ0n) is 18.3. The predicted molar refractivity (Wildman–Crippen MR) is 123 cm³/mol. The molecular weight excluding hydrogens is 404 g/mol. The second-order valence-corrected chi connectivity index (χ2v) is 8.55. The number of H-pyrrole nitrogens is 1. The number of para-hydroxylation sites is 2. The van der Waals surface area contributed by atoms with Crippen LogP contribution in [0.4, 0.5) is 10.5 Å². The second-order valence-electron chi connectivity index (χ2n) is 8.55. The average Bonchev–Trinajstić information content (AvgIpc) is 3.28. The highest BCUT2D eigenvalue weighted by Gasteiger charge is 2.59. The van der Waals surface area contributed by atoms with Crippen molar-refractivity contribution in [2.45, 2.75) is 38.6 Å². The molecule has 7 heteroatoms. The molecule has 5 rings (SSSR count). The van der Waals surface area contributed by atoms with Crippen molar-refractivity contribution < 1.29 is 14.4 Å². The number of carbonyl (C=O) groups is 3. The number of amides is 4. The molecule has 3 aromatic rings. The quantitative estimate of drug-likeness (QED) is 0.475. The Labute approximate surface area is 186 Å². The van der Waals surface area contributed by atoms with Crippen molar-refractivity contribution in [2.24, 2.45) is 0 Å². The molecule has 32 heavy (non-hydrogen) atoms. The van der Waals surface area contributed by atoms with Gasteiger partial charge in [0.15, 0.2) is 5.54 Å². The van der Waals surface area contributed by atoms with Crippen LogP contribution in [0.15, 0.2) is 48.5 Å². The lowest BCUT2D eigenvalue weighted by Crippen LogP contribution is -2.49. The Morgan fingerprint density at radius 2 is 1.88 bits per heavy atom. The first-order valence-electron chi connectivity index (χ1n) is 11.1. The third kappa shape index (κ3) is 2.77. The molecule has 2 N–H and O–H groups in total. The zero-order chi connectivity index (χ0) is 22.5. The molecule has 0 radical (unpaired) electrons. The highest BCUT2D eigenvalue weighted by atomic mass is 16.2. The average molecular weight is 431 g/mol. The fourth-order valence-corrected chi connectivity index (χ4v) is 4.94. The molecule has 1 aromatic heterocycles. The number of imide groups is 1. The molecule has 0 aliphatic carbocycles. The number of aromatic nitrogens is 1. The lowest BCUT2D eigenvalue weighted by molar-refractivity contribution is -0.125. The largest absolute Gasteiger partial charge is 0.356 e. The number of anilines is 1. The van der Waals surface area contributed by atoms with Crippen LogP contribution in [0.2, 0.25) is 0 Å². The van der Waals surface area contributed by atoms with Gasteiger partial charge in [-0.3, -0.25) is 9.59 Å². The van der Waals surface area contributed by atoms with Gasteiger partial charge in [0.1, 0.15) is 0 Å². The summed E-state index contributed by atoms with van der Waals surface area (Å²) in [5, 5.41) is 3.97. The molecule has 1 unspecified atom stereocenters. The number of carbonyl (C=O) groups excluding carboxylic acids is 3. The fourth-order valence-electron chi connectivity index (χ4n) is 4.94. The van der Waals surface area contributed by atoms with Gasteiger partial charge in [0.2, 0.25) is 0 Å². The van der Waals surface area contributed by atoms with E-state index in [-0.39, 0.29) is 11.8 Å². The maximum absolute atomic E-state index is 13.9. The number of unbranched alkanes of at least 4 members (excludes halogenated alkanes) is 1. The molecule has 0 bridgehead atoms. The first-order chi connectivity index (χ1) is 15.5. The summed E-state index contributed by atoms with van der Waals surface area (Å²) < 4.78 is 0. The van der Waals surface area contributed by atoms with Crippen LogP contribution in [0.25, 0.3) is 10.9 Å². The third-order valence-electron chi connectivity index (χ3n) is 6.67. The van der Waals surface area contributed by atoms with E-state index in [0.29, 0.717) is 30.8 Å². The van der Waals surface area contributed by atoms with Crippen LogP contribution in [0, 0.1) is 0 Å². The molecule has 4 amide bonds. The first-order valence-corrected chi connectivity index (χ1v) is 11.1. The van der Waals surface area contributed by atoms with E-state index in [1.54, 1.807) is 36.1 Å².